The van der Waals surface area contributed by atoms with E-state index >= 15 is 0 Å². The van der Waals surface area contributed by atoms with E-state index in [-0.39, 0.29) is 57.0 Å². The fraction of sp³-hybridized carbons (Fsp3) is 0.868. The van der Waals surface area contributed by atoms with Crippen LogP contribution in [0.3, 0.4) is 0 Å². The minimum absolute atomic E-state index is 0.0515. The molecule has 0 N–H and O–H groups in total. The van der Waals surface area contributed by atoms with Crippen molar-refractivity contribution in [1.82, 2.24) is 4.90 Å². The fourth-order valence-electron chi connectivity index (χ4n) is 11.7. The maximum atomic E-state index is 14.6. The van der Waals surface area contributed by atoms with Crippen molar-refractivity contribution in [2.75, 3.05) is 26.2 Å². The number of likely N-dealkylation sites (N-methyl/N-ethyl adjacent to an activating group) is 1. The lowest BCUT2D eigenvalue weighted by Gasteiger charge is -2.70. The second-order valence-electron chi connectivity index (χ2n) is 17.4. The summed E-state index contributed by atoms with van der Waals surface area (Å²) in [7, 11) is 0. The molecule has 6 nitrogen and oxygen atoms in total. The van der Waals surface area contributed by atoms with Crippen LogP contribution >= 0.6 is 0 Å². The molecule has 0 amide bonds. The Balaban J connectivity index is 1.45. The maximum absolute atomic E-state index is 14.6. The monoisotopic (exact) mass is 611 g/mol. The second-order valence-corrected chi connectivity index (χ2v) is 17.4. The number of hydrogen-bond acceptors (Lipinski definition) is 6. The zero-order valence-electron chi connectivity index (χ0n) is 29.6. The molecule has 0 unspecified atom stereocenters. The summed E-state index contributed by atoms with van der Waals surface area (Å²) in [5, 5.41) is 0. The van der Waals surface area contributed by atoms with E-state index in [0.29, 0.717) is 18.3 Å². The molecule has 5 aliphatic rings. The lowest BCUT2D eigenvalue weighted by molar-refractivity contribution is -0.210. The molecular weight excluding hydrogens is 550 g/mol. The third-order valence-electron chi connectivity index (χ3n) is 14.8. The van der Waals surface area contributed by atoms with E-state index in [1.165, 1.54) is 12.5 Å². The topological polar surface area (TPSA) is 72.9 Å². The van der Waals surface area contributed by atoms with Crippen LogP contribution in [-0.4, -0.2) is 55.0 Å². The van der Waals surface area contributed by atoms with Gasteiger partial charge >= 0.3 is 11.9 Å². The van der Waals surface area contributed by atoms with Crippen LogP contribution in [0.15, 0.2) is 11.6 Å². The molecule has 9 atom stereocenters. The molecule has 0 saturated heterocycles. The van der Waals surface area contributed by atoms with Crippen molar-refractivity contribution in [3.05, 3.63) is 11.6 Å². The highest BCUT2D eigenvalue weighted by Gasteiger charge is 2.70. The number of nitrogens with zero attached hydrogens (tertiary/aromatic N) is 1. The Labute approximate surface area is 267 Å². The number of ketones is 1. The van der Waals surface area contributed by atoms with E-state index in [1.807, 2.05) is 0 Å². The molecule has 5 aliphatic carbocycles. The van der Waals surface area contributed by atoms with Crippen LogP contribution in [0.2, 0.25) is 0 Å². The molecule has 0 aromatic rings. The van der Waals surface area contributed by atoms with Crippen LogP contribution in [0.25, 0.3) is 0 Å². The first kappa shape index (κ1) is 33.7. The lowest BCUT2D eigenvalue weighted by atomic mass is 9.33. The third-order valence-corrected chi connectivity index (χ3v) is 14.8. The number of carbonyl (C=O) groups is 3. The third kappa shape index (κ3) is 4.94. The quantitative estimate of drug-likeness (QED) is 0.274. The van der Waals surface area contributed by atoms with E-state index in [2.05, 4.69) is 73.3 Å². The summed E-state index contributed by atoms with van der Waals surface area (Å²) in [5.74, 6) is 0.492. The highest BCUT2D eigenvalue weighted by atomic mass is 16.5. The largest absolute Gasteiger partial charge is 0.464 e. The van der Waals surface area contributed by atoms with Crippen molar-refractivity contribution in [2.45, 2.75) is 133 Å². The Kier molecular flexibility index (Phi) is 8.59. The molecule has 4 saturated carbocycles. The number of allylic oxidation sites excluding steroid dienone is 2. The number of hydrogen-bond donors (Lipinski definition) is 0. The number of ether oxygens (including phenoxy) is 2. The van der Waals surface area contributed by atoms with Crippen molar-refractivity contribution in [3.63, 3.8) is 0 Å². The summed E-state index contributed by atoms with van der Waals surface area (Å²) in [4.78, 5) is 42.6. The van der Waals surface area contributed by atoms with Crippen molar-refractivity contribution < 1.29 is 23.9 Å². The van der Waals surface area contributed by atoms with Gasteiger partial charge in [-0.05, 0) is 117 Å². The minimum Gasteiger partial charge on any atom is -0.464 e. The highest BCUT2D eigenvalue weighted by Crippen LogP contribution is 2.75. The van der Waals surface area contributed by atoms with Gasteiger partial charge in [-0.2, -0.15) is 0 Å². The Bertz CT molecular complexity index is 1200. The van der Waals surface area contributed by atoms with Gasteiger partial charge in [0.2, 0.25) is 0 Å². The second kappa shape index (κ2) is 11.2. The predicted molar refractivity (Wildman–Crippen MR) is 174 cm³/mol. The van der Waals surface area contributed by atoms with Gasteiger partial charge in [-0.3, -0.25) is 14.4 Å². The van der Waals surface area contributed by atoms with Crippen LogP contribution in [0.1, 0.15) is 127 Å². The molecule has 4 fully saturated rings. The smallest absolute Gasteiger partial charge is 0.311 e. The fourth-order valence-corrected chi connectivity index (χ4v) is 11.7. The predicted octanol–water partition coefficient (Wildman–Crippen LogP) is 7.78. The summed E-state index contributed by atoms with van der Waals surface area (Å²) in [6.07, 6.45) is 10.6. The molecule has 0 aliphatic heterocycles. The Morgan fingerprint density at radius 1 is 0.909 bits per heavy atom. The molecule has 0 radical (unpaired) electrons. The zero-order chi connectivity index (χ0) is 32.5. The van der Waals surface area contributed by atoms with Crippen molar-refractivity contribution in [2.24, 2.45) is 50.2 Å². The Morgan fingerprint density at radius 2 is 1.57 bits per heavy atom. The van der Waals surface area contributed by atoms with Gasteiger partial charge in [0.15, 0.2) is 5.78 Å². The number of carbonyl (C=O) groups excluding carboxylic acids is 3. The molecule has 0 heterocycles. The first-order valence-electron chi connectivity index (χ1n) is 17.7. The van der Waals surface area contributed by atoms with E-state index in [0.717, 1.165) is 77.4 Å². The maximum Gasteiger partial charge on any atom is 0.311 e. The van der Waals surface area contributed by atoms with Gasteiger partial charge in [-0.1, -0.05) is 61.0 Å². The highest BCUT2D eigenvalue weighted by molar-refractivity contribution is 5.95. The van der Waals surface area contributed by atoms with Crippen molar-refractivity contribution in [1.29, 1.82) is 0 Å². The normalized spacial score (nSPS) is 44.4. The molecule has 5 rings (SSSR count). The Hall–Kier alpha value is -1.69. The number of esters is 2. The first-order chi connectivity index (χ1) is 20.4. The summed E-state index contributed by atoms with van der Waals surface area (Å²) >= 11 is 0. The Morgan fingerprint density at radius 3 is 2.20 bits per heavy atom. The summed E-state index contributed by atoms with van der Waals surface area (Å²) in [6.45, 7) is 25.2. The summed E-state index contributed by atoms with van der Waals surface area (Å²) in [6, 6.07) is 0. The van der Waals surface area contributed by atoms with E-state index in [1.54, 1.807) is 0 Å². The minimum atomic E-state index is -0.532. The summed E-state index contributed by atoms with van der Waals surface area (Å²) in [5.41, 5.74) is 0.317. The first-order valence-corrected chi connectivity index (χ1v) is 17.7. The van der Waals surface area contributed by atoms with Gasteiger partial charge in [-0.15, -0.1) is 0 Å². The number of fused-ring (bicyclic) bond motifs is 7. The van der Waals surface area contributed by atoms with E-state index < -0.39 is 5.41 Å². The van der Waals surface area contributed by atoms with Crippen LogP contribution < -0.4 is 0 Å². The van der Waals surface area contributed by atoms with Crippen molar-refractivity contribution >= 4 is 17.7 Å². The average Bonchev–Trinajstić information content (AvgIpc) is 2.94. The van der Waals surface area contributed by atoms with Gasteiger partial charge in [0, 0.05) is 24.8 Å². The molecular formula is C38H61NO5. The molecule has 44 heavy (non-hydrogen) atoms. The average molecular weight is 612 g/mol. The molecule has 0 aromatic carbocycles. The molecule has 0 aromatic heterocycles. The lowest BCUT2D eigenvalue weighted by Crippen LogP contribution is -2.66. The van der Waals surface area contributed by atoms with Gasteiger partial charge in [-0.25, -0.2) is 0 Å². The van der Waals surface area contributed by atoms with E-state index in [9.17, 15) is 14.4 Å². The molecule has 6 heteroatoms. The molecule has 0 spiro atoms. The van der Waals surface area contributed by atoms with Crippen molar-refractivity contribution in [3.8, 4) is 0 Å². The van der Waals surface area contributed by atoms with Crippen LogP contribution in [0.4, 0.5) is 0 Å². The summed E-state index contributed by atoms with van der Waals surface area (Å²) < 4.78 is 11.8. The standard InChI is InChI=1S/C38H61NO5/c1-11-39(12-2)21-22-43-32(42)35(7)18-17-34(6)19-20-37(9)26(27(34)24-35)23-28(41)31-36(8)15-14-30(44-25(3)40)33(4,5)29(36)13-16-38(31,37)10/h23,27,29-31H,11-22,24H2,1-10H3/t27-,29-,30-,31+,34+,35+,36+,37+,38-/m0/s1. The SMILES string of the molecule is CCN(CC)CCOC(=O)[C@]1(C)CC[C@]2(C)CC[C@]3(C)C(=CC(=O)[C@@H]4[C@]5(C)CC[C@H](OC(C)=O)C(C)(C)[C@@H]5CC[C@@]43C)[C@@H]2C1. The van der Waals surface area contributed by atoms with Gasteiger partial charge < -0.3 is 14.4 Å². The van der Waals surface area contributed by atoms with E-state index in [4.69, 9.17) is 9.47 Å². The molecule has 0 bridgehead atoms. The van der Waals surface area contributed by atoms with Gasteiger partial charge in [0.1, 0.15) is 12.7 Å². The van der Waals surface area contributed by atoms with Gasteiger partial charge in [0.05, 0.1) is 5.41 Å². The number of rotatable bonds is 7. The van der Waals surface area contributed by atoms with Crippen LogP contribution in [0, 0.1) is 50.2 Å². The molecule has 248 valence electrons. The van der Waals surface area contributed by atoms with Gasteiger partial charge in [0.25, 0.3) is 0 Å². The van der Waals surface area contributed by atoms with Crippen LogP contribution in [0.5, 0.6) is 0 Å². The zero-order valence-corrected chi connectivity index (χ0v) is 29.6. The van der Waals surface area contributed by atoms with Crippen LogP contribution in [-0.2, 0) is 23.9 Å².